The van der Waals surface area contributed by atoms with Gasteiger partial charge in [-0.05, 0) is 13.5 Å². The van der Waals surface area contributed by atoms with Gasteiger partial charge >= 0.3 is 0 Å². The van der Waals surface area contributed by atoms with Gasteiger partial charge in [0.2, 0.25) is 11.8 Å². The standard InChI is InChI=1S/C9H17N3O/c1-5-10-7(4)9-12-11-8(13-9)6(2)3/h6-7,10H,5H2,1-4H3. The van der Waals surface area contributed by atoms with E-state index in [0.29, 0.717) is 17.7 Å². The summed E-state index contributed by atoms with van der Waals surface area (Å²) in [7, 11) is 0. The maximum atomic E-state index is 5.47. The van der Waals surface area contributed by atoms with E-state index < -0.39 is 0 Å². The third kappa shape index (κ3) is 2.52. The highest BCUT2D eigenvalue weighted by molar-refractivity contribution is 4.91. The second-order valence-electron chi connectivity index (χ2n) is 3.41. The molecule has 74 valence electrons. The van der Waals surface area contributed by atoms with E-state index in [9.17, 15) is 0 Å². The van der Waals surface area contributed by atoms with E-state index in [-0.39, 0.29) is 6.04 Å². The molecule has 0 saturated heterocycles. The molecule has 1 N–H and O–H groups in total. The van der Waals surface area contributed by atoms with Gasteiger partial charge in [0.25, 0.3) is 0 Å². The van der Waals surface area contributed by atoms with Crippen molar-refractivity contribution < 1.29 is 4.42 Å². The van der Waals surface area contributed by atoms with Gasteiger partial charge in [0.15, 0.2) is 0 Å². The van der Waals surface area contributed by atoms with Crippen LogP contribution < -0.4 is 5.32 Å². The molecule has 0 bridgehead atoms. The van der Waals surface area contributed by atoms with Gasteiger partial charge in [-0.2, -0.15) is 0 Å². The number of hydrogen-bond acceptors (Lipinski definition) is 4. The SMILES string of the molecule is CCNC(C)c1nnc(C(C)C)o1. The fourth-order valence-electron chi connectivity index (χ4n) is 1.05. The van der Waals surface area contributed by atoms with Crippen LogP contribution in [0.5, 0.6) is 0 Å². The molecule has 1 heterocycles. The Morgan fingerprint density at radius 1 is 1.23 bits per heavy atom. The van der Waals surface area contributed by atoms with Crippen LogP contribution in [0.25, 0.3) is 0 Å². The quantitative estimate of drug-likeness (QED) is 0.774. The fourth-order valence-corrected chi connectivity index (χ4v) is 1.05. The van der Waals surface area contributed by atoms with Gasteiger partial charge in [0, 0.05) is 5.92 Å². The molecule has 4 nitrogen and oxygen atoms in total. The third-order valence-electron chi connectivity index (χ3n) is 1.83. The summed E-state index contributed by atoms with van der Waals surface area (Å²) in [5.74, 6) is 1.68. The molecule has 0 aliphatic carbocycles. The van der Waals surface area contributed by atoms with Crippen LogP contribution in [0.3, 0.4) is 0 Å². The van der Waals surface area contributed by atoms with Crippen molar-refractivity contribution in [3.8, 4) is 0 Å². The van der Waals surface area contributed by atoms with E-state index in [4.69, 9.17) is 4.42 Å². The highest BCUT2D eigenvalue weighted by Gasteiger charge is 2.14. The van der Waals surface area contributed by atoms with Gasteiger partial charge in [-0.25, -0.2) is 0 Å². The average Bonchev–Trinajstić information content (AvgIpc) is 2.52. The zero-order chi connectivity index (χ0) is 9.84. The third-order valence-corrected chi connectivity index (χ3v) is 1.83. The van der Waals surface area contributed by atoms with E-state index in [1.54, 1.807) is 0 Å². The molecule has 0 aliphatic rings. The Bertz CT molecular complexity index is 257. The minimum Gasteiger partial charge on any atom is -0.423 e. The smallest absolute Gasteiger partial charge is 0.233 e. The number of nitrogens with zero attached hydrogens (tertiary/aromatic N) is 2. The van der Waals surface area contributed by atoms with Crippen molar-refractivity contribution in [1.82, 2.24) is 15.5 Å². The van der Waals surface area contributed by atoms with Gasteiger partial charge in [0.1, 0.15) is 0 Å². The molecular weight excluding hydrogens is 166 g/mol. The Labute approximate surface area is 78.7 Å². The molecule has 1 atom stereocenters. The molecule has 0 aromatic carbocycles. The van der Waals surface area contributed by atoms with Gasteiger partial charge in [-0.3, -0.25) is 0 Å². The summed E-state index contributed by atoms with van der Waals surface area (Å²) in [5, 5.41) is 11.2. The molecular formula is C9H17N3O. The molecule has 1 rings (SSSR count). The summed E-state index contributed by atoms with van der Waals surface area (Å²) in [6.45, 7) is 9.04. The van der Waals surface area contributed by atoms with Crippen LogP contribution in [0.15, 0.2) is 4.42 Å². The molecule has 1 aromatic heterocycles. The molecule has 1 unspecified atom stereocenters. The number of hydrogen-bond donors (Lipinski definition) is 1. The predicted octanol–water partition coefficient (Wildman–Crippen LogP) is 1.86. The van der Waals surface area contributed by atoms with Gasteiger partial charge in [-0.15, -0.1) is 10.2 Å². The first-order valence-corrected chi connectivity index (χ1v) is 4.71. The monoisotopic (exact) mass is 183 g/mol. The van der Waals surface area contributed by atoms with Gasteiger partial charge in [-0.1, -0.05) is 20.8 Å². The van der Waals surface area contributed by atoms with E-state index >= 15 is 0 Å². The Morgan fingerprint density at radius 3 is 2.31 bits per heavy atom. The maximum absolute atomic E-state index is 5.47. The minimum absolute atomic E-state index is 0.144. The second kappa shape index (κ2) is 4.37. The van der Waals surface area contributed by atoms with E-state index in [1.807, 2.05) is 20.8 Å². The molecule has 4 heteroatoms. The Kier molecular flexibility index (Phi) is 3.42. The second-order valence-corrected chi connectivity index (χ2v) is 3.41. The number of aromatic nitrogens is 2. The van der Waals surface area contributed by atoms with Crippen molar-refractivity contribution in [2.75, 3.05) is 6.54 Å². The van der Waals surface area contributed by atoms with E-state index in [1.165, 1.54) is 0 Å². The lowest BCUT2D eigenvalue weighted by Crippen LogP contribution is -2.17. The van der Waals surface area contributed by atoms with E-state index in [0.717, 1.165) is 6.54 Å². The van der Waals surface area contributed by atoms with Crippen LogP contribution in [0.2, 0.25) is 0 Å². The zero-order valence-corrected chi connectivity index (χ0v) is 8.66. The van der Waals surface area contributed by atoms with Crippen molar-refractivity contribution in [1.29, 1.82) is 0 Å². The molecule has 13 heavy (non-hydrogen) atoms. The molecule has 0 fully saturated rings. The summed E-state index contributed by atoms with van der Waals surface area (Å²) >= 11 is 0. The summed E-state index contributed by atoms with van der Waals surface area (Å²) in [5.41, 5.74) is 0. The summed E-state index contributed by atoms with van der Waals surface area (Å²) in [4.78, 5) is 0. The van der Waals surface area contributed by atoms with Crippen molar-refractivity contribution >= 4 is 0 Å². The van der Waals surface area contributed by atoms with Crippen LogP contribution in [0, 0.1) is 0 Å². The first-order chi connectivity index (χ1) is 6.15. The summed E-state index contributed by atoms with van der Waals surface area (Å²) in [6, 6.07) is 0.144. The van der Waals surface area contributed by atoms with Crippen LogP contribution in [-0.2, 0) is 0 Å². The highest BCUT2D eigenvalue weighted by atomic mass is 16.4. The van der Waals surface area contributed by atoms with Crippen LogP contribution >= 0.6 is 0 Å². The van der Waals surface area contributed by atoms with Crippen molar-refractivity contribution in [2.24, 2.45) is 0 Å². The Balaban J connectivity index is 2.67. The fraction of sp³-hybridized carbons (Fsp3) is 0.778. The minimum atomic E-state index is 0.144. The van der Waals surface area contributed by atoms with Crippen LogP contribution in [0.1, 0.15) is 51.4 Å². The lowest BCUT2D eigenvalue weighted by molar-refractivity contribution is 0.387. The largest absolute Gasteiger partial charge is 0.423 e. The first kappa shape index (κ1) is 10.2. The van der Waals surface area contributed by atoms with Crippen molar-refractivity contribution in [3.05, 3.63) is 11.8 Å². The highest BCUT2D eigenvalue weighted by Crippen LogP contribution is 2.16. The topological polar surface area (TPSA) is 51.0 Å². The number of nitrogens with one attached hydrogen (secondary N) is 1. The Hall–Kier alpha value is -0.900. The molecule has 0 radical (unpaired) electrons. The molecule has 0 amide bonds. The summed E-state index contributed by atoms with van der Waals surface area (Å²) in [6.07, 6.45) is 0. The lowest BCUT2D eigenvalue weighted by atomic mass is 10.2. The average molecular weight is 183 g/mol. The lowest BCUT2D eigenvalue weighted by Gasteiger charge is -2.05. The number of rotatable bonds is 4. The first-order valence-electron chi connectivity index (χ1n) is 4.71. The van der Waals surface area contributed by atoms with Crippen molar-refractivity contribution in [2.45, 2.75) is 39.7 Å². The van der Waals surface area contributed by atoms with Gasteiger partial charge in [0.05, 0.1) is 6.04 Å². The van der Waals surface area contributed by atoms with E-state index in [2.05, 4.69) is 22.4 Å². The maximum Gasteiger partial charge on any atom is 0.233 e. The molecule has 1 aromatic rings. The van der Waals surface area contributed by atoms with Gasteiger partial charge < -0.3 is 9.73 Å². The molecule has 0 saturated carbocycles. The van der Waals surface area contributed by atoms with Crippen LogP contribution in [0.4, 0.5) is 0 Å². The van der Waals surface area contributed by atoms with Crippen LogP contribution in [-0.4, -0.2) is 16.7 Å². The zero-order valence-electron chi connectivity index (χ0n) is 8.66. The summed E-state index contributed by atoms with van der Waals surface area (Å²) < 4.78 is 5.47. The van der Waals surface area contributed by atoms with Crippen molar-refractivity contribution in [3.63, 3.8) is 0 Å². The molecule has 0 spiro atoms. The molecule has 0 aliphatic heterocycles. The predicted molar refractivity (Wildman–Crippen MR) is 50.5 cm³/mol. The normalized spacial score (nSPS) is 13.6. The Morgan fingerprint density at radius 2 is 1.85 bits per heavy atom.